The van der Waals surface area contributed by atoms with Crippen LogP contribution >= 0.6 is 0 Å². The summed E-state index contributed by atoms with van der Waals surface area (Å²) in [5.41, 5.74) is 1.74. The Kier molecular flexibility index (Phi) is 9.02. The van der Waals surface area contributed by atoms with Crippen LogP contribution in [-0.4, -0.2) is 33.3 Å². The average molecular weight is 372 g/mol. The molecule has 0 bridgehead atoms. The zero-order valence-corrected chi connectivity index (χ0v) is 18.6. The third-order valence-electron chi connectivity index (χ3n) is 4.14. The van der Waals surface area contributed by atoms with Crippen molar-refractivity contribution in [2.75, 3.05) is 0 Å². The van der Waals surface area contributed by atoms with E-state index in [1.807, 2.05) is 26.0 Å². The molecule has 1 aliphatic carbocycles. The van der Waals surface area contributed by atoms with Gasteiger partial charge in [-0.3, -0.25) is 0 Å². The van der Waals surface area contributed by atoms with Crippen LogP contribution in [0.4, 0.5) is 0 Å². The van der Waals surface area contributed by atoms with Crippen LogP contribution in [0.1, 0.15) is 57.8 Å². The van der Waals surface area contributed by atoms with Crippen LogP contribution in [0, 0.1) is 13.8 Å². The van der Waals surface area contributed by atoms with Crippen molar-refractivity contribution in [3.63, 3.8) is 0 Å². The second-order valence-electron chi connectivity index (χ2n) is 6.32. The minimum absolute atomic E-state index is 0. The number of rotatable bonds is 6. The molecule has 0 amide bonds. The van der Waals surface area contributed by atoms with Crippen molar-refractivity contribution < 1.29 is 67.0 Å². The number of nitrogens with zero attached hydrogens (tertiary/aromatic N) is 4. The van der Waals surface area contributed by atoms with Gasteiger partial charge >= 0.3 is 58.7 Å². The summed E-state index contributed by atoms with van der Waals surface area (Å²) in [5, 5.41) is 8.46. The van der Waals surface area contributed by atoms with E-state index in [2.05, 4.69) is 10.2 Å². The molecule has 1 saturated carbocycles. The van der Waals surface area contributed by atoms with Gasteiger partial charge in [0.2, 0.25) is 0 Å². The predicted octanol–water partition coefficient (Wildman–Crippen LogP) is -0.515. The van der Waals surface area contributed by atoms with Crippen LogP contribution in [0.2, 0.25) is 0 Å². The van der Waals surface area contributed by atoms with E-state index in [4.69, 9.17) is 14.2 Å². The van der Waals surface area contributed by atoms with Crippen LogP contribution in [0.15, 0.2) is 24.5 Å². The minimum Gasteiger partial charge on any atom is -1.00 e. The molecule has 132 valence electrons. The first-order chi connectivity index (χ1) is 11.7. The molecule has 1 aliphatic rings. The molecular formula is C16H26BKN4O3. The van der Waals surface area contributed by atoms with Gasteiger partial charge in [0.15, 0.2) is 0 Å². The Hall–Kier alpha value is -0.319. The fourth-order valence-electron chi connectivity index (χ4n) is 2.86. The molecule has 0 unspecified atom stereocenters. The molecule has 0 saturated heterocycles. The van der Waals surface area contributed by atoms with Crippen molar-refractivity contribution in [2.24, 2.45) is 0 Å². The van der Waals surface area contributed by atoms with E-state index in [0.29, 0.717) is 0 Å². The summed E-state index contributed by atoms with van der Waals surface area (Å²) in [5.74, 6) is 0. The van der Waals surface area contributed by atoms with Crippen LogP contribution in [0.5, 0.6) is 0 Å². The van der Waals surface area contributed by atoms with Crippen molar-refractivity contribution in [1.29, 1.82) is 0 Å². The van der Waals surface area contributed by atoms with Crippen LogP contribution in [-0.2, 0) is 4.65 Å². The molecule has 0 radical (unpaired) electrons. The maximum absolute atomic E-state index is 6.09. The van der Waals surface area contributed by atoms with Gasteiger partial charge in [-0.1, -0.05) is 32.1 Å². The molecule has 1 fully saturated rings. The van der Waals surface area contributed by atoms with Gasteiger partial charge in [0.1, 0.15) is 0 Å². The molecule has 25 heavy (non-hydrogen) atoms. The van der Waals surface area contributed by atoms with Gasteiger partial charge in [0.25, 0.3) is 0 Å². The monoisotopic (exact) mass is 372 g/mol. The molecule has 0 atom stereocenters. The molecule has 2 aromatic rings. The first-order valence-electron chi connectivity index (χ1n) is 8.73. The van der Waals surface area contributed by atoms with E-state index >= 15 is 0 Å². The molecule has 9 heteroatoms. The van der Waals surface area contributed by atoms with Crippen molar-refractivity contribution in [2.45, 2.75) is 64.9 Å². The van der Waals surface area contributed by atoms with E-state index in [9.17, 15) is 0 Å². The smallest absolute Gasteiger partial charge is 1.00 e. The Balaban J connectivity index is 0.00000169. The summed E-state index contributed by atoms with van der Waals surface area (Å²) >= 11 is 0. The summed E-state index contributed by atoms with van der Waals surface area (Å²) in [6.07, 6.45) is 11.9. The van der Waals surface area contributed by atoms with Crippen molar-refractivity contribution in [3.8, 4) is 0 Å². The molecular weight excluding hydrogens is 346 g/mol. The Bertz CT molecular complexity index is 592. The number of aromatic nitrogens is 4. The van der Waals surface area contributed by atoms with Crippen molar-refractivity contribution in [3.05, 3.63) is 35.9 Å². The first kappa shape index (κ1) is 21.0. The van der Waals surface area contributed by atoms with Crippen molar-refractivity contribution >= 4 is 7.32 Å². The molecule has 2 aromatic heterocycles. The third-order valence-corrected chi connectivity index (χ3v) is 4.14. The molecule has 7 nitrogen and oxygen atoms in total. The summed E-state index contributed by atoms with van der Waals surface area (Å²) in [6, 6.07) is 3.73. The standard InChI is InChI=1S/C16H25BN4O3.K.H/c1-14-10-12-20(18-14)23-17(24-21-13-11-15(2)19-21)22-16-8-6-4-3-5-7-9-16;;/h10-13,16H,3-9H2,1-2H3;;/q;+1;-1. The summed E-state index contributed by atoms with van der Waals surface area (Å²) in [7, 11) is -0.895. The van der Waals surface area contributed by atoms with Gasteiger partial charge in [0.05, 0.1) is 23.8 Å². The first-order valence-corrected chi connectivity index (χ1v) is 8.73. The van der Waals surface area contributed by atoms with Crippen LogP contribution in [0.3, 0.4) is 0 Å². The zero-order chi connectivity index (χ0) is 16.8. The predicted molar refractivity (Wildman–Crippen MR) is 91.1 cm³/mol. The molecule has 0 spiro atoms. The molecule has 3 rings (SSSR count). The Labute approximate surface area is 193 Å². The normalized spacial score (nSPS) is 15.8. The van der Waals surface area contributed by atoms with Gasteiger partial charge in [-0.05, 0) is 38.8 Å². The Morgan fingerprint density at radius 3 is 1.84 bits per heavy atom. The van der Waals surface area contributed by atoms with Gasteiger partial charge < -0.3 is 15.6 Å². The Morgan fingerprint density at radius 1 is 0.920 bits per heavy atom. The van der Waals surface area contributed by atoms with Gasteiger partial charge in [-0.2, -0.15) is 0 Å². The van der Waals surface area contributed by atoms with E-state index in [1.54, 1.807) is 12.4 Å². The maximum atomic E-state index is 6.09. The largest absolute Gasteiger partial charge is 1.00 e. The second-order valence-corrected chi connectivity index (χ2v) is 6.32. The second kappa shape index (κ2) is 10.7. The average Bonchev–Trinajstić information content (AvgIpc) is 3.10. The van der Waals surface area contributed by atoms with Crippen LogP contribution in [0.25, 0.3) is 0 Å². The number of aryl methyl sites for hydroxylation is 2. The fourth-order valence-corrected chi connectivity index (χ4v) is 2.86. The van der Waals surface area contributed by atoms with Gasteiger partial charge in [0, 0.05) is 6.10 Å². The van der Waals surface area contributed by atoms with E-state index in [1.165, 1.54) is 41.8 Å². The zero-order valence-electron chi connectivity index (χ0n) is 16.4. The molecule has 2 heterocycles. The van der Waals surface area contributed by atoms with Gasteiger partial charge in [-0.25, -0.2) is 0 Å². The maximum Gasteiger partial charge on any atom is 1.00 e. The number of hydrogen-bond acceptors (Lipinski definition) is 5. The van der Waals surface area contributed by atoms with E-state index < -0.39 is 7.32 Å². The van der Waals surface area contributed by atoms with E-state index in [0.717, 1.165) is 24.2 Å². The number of hydrogen-bond donors (Lipinski definition) is 0. The Morgan fingerprint density at radius 2 is 1.40 bits per heavy atom. The minimum atomic E-state index is -0.895. The van der Waals surface area contributed by atoms with Crippen LogP contribution < -0.4 is 60.9 Å². The summed E-state index contributed by atoms with van der Waals surface area (Å²) in [6.45, 7) is 3.81. The fraction of sp³-hybridized carbons (Fsp3) is 0.625. The topological polar surface area (TPSA) is 63.3 Å². The molecule has 0 aromatic carbocycles. The third kappa shape index (κ3) is 7.07. The quantitative estimate of drug-likeness (QED) is 0.639. The molecule has 0 aliphatic heterocycles. The van der Waals surface area contributed by atoms with Gasteiger partial charge in [-0.15, -0.1) is 19.9 Å². The van der Waals surface area contributed by atoms with E-state index in [-0.39, 0.29) is 58.9 Å². The SMILES string of the molecule is Cc1ccn(OB(OC2CCCCCCC2)On2ccc(C)n2)n1.[H-].[K+]. The van der Waals surface area contributed by atoms with Crippen molar-refractivity contribution in [1.82, 2.24) is 19.9 Å². The molecule has 0 N–H and O–H groups in total. The summed E-state index contributed by atoms with van der Waals surface area (Å²) < 4.78 is 17.5. The summed E-state index contributed by atoms with van der Waals surface area (Å²) in [4.78, 5) is 2.75.